The molecule has 14 heavy (non-hydrogen) atoms. The fourth-order valence-corrected chi connectivity index (χ4v) is 2.94. The standard InChI is InChI=1S/C12H17NS/c1-2-4-11(5-3-1)10-14-12-6-8-13-9-7-12/h1-5,12-13H,6-10H2. The summed E-state index contributed by atoms with van der Waals surface area (Å²) in [6.07, 6.45) is 2.66. The number of thioether (sulfide) groups is 1. The Labute approximate surface area is 90.3 Å². The summed E-state index contributed by atoms with van der Waals surface area (Å²) in [5.74, 6) is 1.17. The Hall–Kier alpha value is -0.470. The third kappa shape index (κ3) is 3.03. The van der Waals surface area contributed by atoms with E-state index in [9.17, 15) is 0 Å². The quantitative estimate of drug-likeness (QED) is 0.818. The molecule has 1 nitrogen and oxygen atoms in total. The lowest BCUT2D eigenvalue weighted by Gasteiger charge is -2.21. The molecule has 0 amide bonds. The number of benzene rings is 1. The van der Waals surface area contributed by atoms with Gasteiger partial charge in [-0.25, -0.2) is 0 Å². The van der Waals surface area contributed by atoms with E-state index in [-0.39, 0.29) is 0 Å². The van der Waals surface area contributed by atoms with Crippen molar-refractivity contribution in [3.05, 3.63) is 35.9 Å². The fourth-order valence-electron chi connectivity index (χ4n) is 1.75. The Morgan fingerprint density at radius 2 is 1.86 bits per heavy atom. The van der Waals surface area contributed by atoms with Crippen molar-refractivity contribution in [3.8, 4) is 0 Å². The molecule has 0 saturated carbocycles. The minimum absolute atomic E-state index is 0.872. The number of piperidine rings is 1. The second kappa shape index (κ2) is 5.42. The maximum atomic E-state index is 3.40. The molecule has 2 rings (SSSR count). The second-order valence-electron chi connectivity index (χ2n) is 3.75. The van der Waals surface area contributed by atoms with E-state index in [0.29, 0.717) is 0 Å². The molecule has 1 heterocycles. The highest BCUT2D eigenvalue weighted by Crippen LogP contribution is 2.23. The van der Waals surface area contributed by atoms with E-state index >= 15 is 0 Å². The number of hydrogen-bond donors (Lipinski definition) is 1. The van der Waals surface area contributed by atoms with Crippen LogP contribution in [0.25, 0.3) is 0 Å². The lowest BCUT2D eigenvalue weighted by Crippen LogP contribution is -2.29. The van der Waals surface area contributed by atoms with Crippen molar-refractivity contribution in [1.29, 1.82) is 0 Å². The molecule has 0 aliphatic carbocycles. The van der Waals surface area contributed by atoms with Gasteiger partial charge < -0.3 is 5.32 Å². The number of nitrogens with one attached hydrogen (secondary N) is 1. The van der Waals surface area contributed by atoms with Gasteiger partial charge in [-0.2, -0.15) is 11.8 Å². The molecule has 2 heteroatoms. The molecule has 1 saturated heterocycles. The summed E-state index contributed by atoms with van der Waals surface area (Å²) >= 11 is 2.11. The topological polar surface area (TPSA) is 12.0 Å². The smallest absolute Gasteiger partial charge is 0.0187 e. The summed E-state index contributed by atoms with van der Waals surface area (Å²) in [4.78, 5) is 0. The molecule has 0 aromatic heterocycles. The van der Waals surface area contributed by atoms with E-state index in [4.69, 9.17) is 0 Å². The highest BCUT2D eigenvalue weighted by atomic mass is 32.2. The van der Waals surface area contributed by atoms with Gasteiger partial charge in [0.1, 0.15) is 0 Å². The monoisotopic (exact) mass is 207 g/mol. The van der Waals surface area contributed by atoms with Gasteiger partial charge in [-0.3, -0.25) is 0 Å². The van der Waals surface area contributed by atoms with Gasteiger partial charge in [-0.15, -0.1) is 0 Å². The molecule has 76 valence electrons. The molecular formula is C12H17NS. The van der Waals surface area contributed by atoms with Crippen molar-refractivity contribution in [2.75, 3.05) is 13.1 Å². The highest BCUT2D eigenvalue weighted by molar-refractivity contribution is 7.99. The molecule has 0 atom stereocenters. The van der Waals surface area contributed by atoms with E-state index in [1.54, 1.807) is 0 Å². The van der Waals surface area contributed by atoms with Gasteiger partial charge >= 0.3 is 0 Å². The zero-order valence-electron chi connectivity index (χ0n) is 8.41. The van der Waals surface area contributed by atoms with E-state index in [0.717, 1.165) is 5.25 Å². The minimum atomic E-state index is 0.872. The summed E-state index contributed by atoms with van der Waals surface area (Å²) in [5, 5.41) is 4.27. The zero-order chi connectivity index (χ0) is 9.64. The van der Waals surface area contributed by atoms with Gasteiger partial charge in [-0.05, 0) is 31.5 Å². The SMILES string of the molecule is c1ccc(CSC2CCNCC2)cc1. The third-order valence-corrected chi connectivity index (χ3v) is 4.06. The molecule has 1 aromatic rings. The van der Waals surface area contributed by atoms with Crippen LogP contribution in [0.5, 0.6) is 0 Å². The summed E-state index contributed by atoms with van der Waals surface area (Å²) < 4.78 is 0. The first kappa shape index (κ1) is 10.1. The summed E-state index contributed by atoms with van der Waals surface area (Å²) in [5.41, 5.74) is 1.45. The van der Waals surface area contributed by atoms with Crippen LogP contribution in [-0.2, 0) is 5.75 Å². The molecule has 1 aliphatic heterocycles. The average Bonchev–Trinajstić information content (AvgIpc) is 2.29. The zero-order valence-corrected chi connectivity index (χ0v) is 9.22. The first-order chi connectivity index (χ1) is 6.95. The lowest BCUT2D eigenvalue weighted by atomic mass is 10.2. The Morgan fingerprint density at radius 1 is 1.14 bits per heavy atom. The molecule has 0 spiro atoms. The molecule has 0 unspecified atom stereocenters. The summed E-state index contributed by atoms with van der Waals surface area (Å²) in [6, 6.07) is 10.8. The predicted octanol–water partition coefficient (Wildman–Crippen LogP) is 2.67. The van der Waals surface area contributed by atoms with Crippen molar-refractivity contribution in [2.24, 2.45) is 0 Å². The van der Waals surface area contributed by atoms with Crippen LogP contribution in [0.2, 0.25) is 0 Å². The predicted molar refractivity (Wildman–Crippen MR) is 63.6 cm³/mol. The molecule has 1 N–H and O–H groups in total. The second-order valence-corrected chi connectivity index (χ2v) is 5.03. The summed E-state index contributed by atoms with van der Waals surface area (Å²) in [7, 11) is 0. The fraction of sp³-hybridized carbons (Fsp3) is 0.500. The molecule has 1 aliphatic rings. The lowest BCUT2D eigenvalue weighted by molar-refractivity contribution is 0.531. The van der Waals surface area contributed by atoms with Gasteiger partial charge in [0.25, 0.3) is 0 Å². The Morgan fingerprint density at radius 3 is 2.57 bits per heavy atom. The Kier molecular flexibility index (Phi) is 3.90. The van der Waals surface area contributed by atoms with Gasteiger partial charge in [0.2, 0.25) is 0 Å². The first-order valence-corrected chi connectivity index (χ1v) is 6.36. The van der Waals surface area contributed by atoms with Crippen molar-refractivity contribution < 1.29 is 0 Å². The molecule has 1 aromatic carbocycles. The van der Waals surface area contributed by atoms with Crippen LogP contribution in [0.1, 0.15) is 18.4 Å². The van der Waals surface area contributed by atoms with E-state index in [2.05, 4.69) is 47.4 Å². The van der Waals surface area contributed by atoms with Crippen LogP contribution in [0.15, 0.2) is 30.3 Å². The van der Waals surface area contributed by atoms with Crippen LogP contribution in [0.3, 0.4) is 0 Å². The van der Waals surface area contributed by atoms with Gasteiger partial charge in [0, 0.05) is 11.0 Å². The van der Waals surface area contributed by atoms with Crippen molar-refractivity contribution in [1.82, 2.24) is 5.32 Å². The Balaban J connectivity index is 1.76. The summed E-state index contributed by atoms with van der Waals surface area (Å²) in [6.45, 7) is 2.40. The first-order valence-electron chi connectivity index (χ1n) is 5.31. The van der Waals surface area contributed by atoms with Crippen molar-refractivity contribution in [2.45, 2.75) is 23.8 Å². The van der Waals surface area contributed by atoms with Crippen molar-refractivity contribution in [3.63, 3.8) is 0 Å². The molecular weight excluding hydrogens is 190 g/mol. The van der Waals surface area contributed by atoms with E-state index in [1.807, 2.05) is 0 Å². The molecule has 0 radical (unpaired) electrons. The van der Waals surface area contributed by atoms with Crippen LogP contribution >= 0.6 is 11.8 Å². The van der Waals surface area contributed by atoms with Crippen molar-refractivity contribution >= 4 is 11.8 Å². The van der Waals surface area contributed by atoms with E-state index in [1.165, 1.54) is 37.2 Å². The van der Waals surface area contributed by atoms with Crippen LogP contribution in [-0.4, -0.2) is 18.3 Å². The van der Waals surface area contributed by atoms with Gasteiger partial charge in [0.05, 0.1) is 0 Å². The highest BCUT2D eigenvalue weighted by Gasteiger charge is 2.12. The van der Waals surface area contributed by atoms with Crippen LogP contribution in [0.4, 0.5) is 0 Å². The van der Waals surface area contributed by atoms with Crippen LogP contribution in [0, 0.1) is 0 Å². The van der Waals surface area contributed by atoms with E-state index < -0.39 is 0 Å². The maximum absolute atomic E-state index is 3.40. The average molecular weight is 207 g/mol. The normalized spacial score (nSPS) is 18.3. The number of hydrogen-bond acceptors (Lipinski definition) is 2. The molecule has 0 bridgehead atoms. The minimum Gasteiger partial charge on any atom is -0.317 e. The number of rotatable bonds is 3. The van der Waals surface area contributed by atoms with Gasteiger partial charge in [-0.1, -0.05) is 30.3 Å². The van der Waals surface area contributed by atoms with Gasteiger partial charge in [0.15, 0.2) is 0 Å². The molecule has 1 fully saturated rings. The third-order valence-electron chi connectivity index (χ3n) is 2.61. The van der Waals surface area contributed by atoms with Crippen LogP contribution < -0.4 is 5.32 Å². The Bertz CT molecular complexity index is 254. The largest absolute Gasteiger partial charge is 0.317 e. The maximum Gasteiger partial charge on any atom is 0.0187 e.